The molecule has 1 saturated carbocycles. The van der Waals surface area contributed by atoms with Crippen LogP contribution in [0.4, 0.5) is 0 Å². The molecule has 0 radical (unpaired) electrons. The average Bonchev–Trinajstić information content (AvgIpc) is 2.82. The van der Waals surface area contributed by atoms with Gasteiger partial charge < -0.3 is 0 Å². The molecule has 2 fully saturated rings. The summed E-state index contributed by atoms with van der Waals surface area (Å²) >= 11 is 0. The normalized spacial score (nSPS) is 25.7. The van der Waals surface area contributed by atoms with Crippen molar-refractivity contribution in [1.29, 1.82) is 0 Å². The smallest absolute Gasteiger partial charge is 0.166 e. The maximum Gasteiger partial charge on any atom is 0.166 e. The molecule has 3 atom stereocenters. The molecule has 2 heteroatoms. The SMILES string of the molecule is O=C1c2ccccc2CCC1C(c1ccccc1)C1CCCCC1=[N+]1CCCCC1. The van der Waals surface area contributed by atoms with E-state index in [0.717, 1.165) is 18.4 Å². The second-order valence-corrected chi connectivity index (χ2v) is 9.49. The van der Waals surface area contributed by atoms with Gasteiger partial charge in [-0.25, -0.2) is 4.58 Å². The zero-order chi connectivity index (χ0) is 20.3. The van der Waals surface area contributed by atoms with Crippen LogP contribution in [-0.2, 0) is 6.42 Å². The fourth-order valence-corrected chi connectivity index (χ4v) is 6.37. The van der Waals surface area contributed by atoms with Gasteiger partial charge in [0.2, 0.25) is 0 Å². The Kier molecular flexibility index (Phi) is 5.84. The number of Topliss-reactive ketones (excluding diaryl/α,β-unsaturated/α-hetero) is 1. The monoisotopic (exact) mass is 400 g/mol. The molecule has 0 spiro atoms. The molecule has 0 N–H and O–H groups in total. The topological polar surface area (TPSA) is 20.1 Å². The average molecular weight is 401 g/mol. The second kappa shape index (κ2) is 8.88. The van der Waals surface area contributed by atoms with Gasteiger partial charge in [-0.15, -0.1) is 0 Å². The quantitative estimate of drug-likeness (QED) is 0.575. The van der Waals surface area contributed by atoms with E-state index in [2.05, 4.69) is 53.1 Å². The van der Waals surface area contributed by atoms with Crippen LogP contribution in [0.1, 0.15) is 78.8 Å². The molecule has 2 aromatic carbocycles. The van der Waals surface area contributed by atoms with Crippen LogP contribution in [0.15, 0.2) is 54.6 Å². The Morgan fingerprint density at radius 1 is 0.733 bits per heavy atom. The highest BCUT2D eigenvalue weighted by atomic mass is 16.1. The third-order valence-corrected chi connectivity index (χ3v) is 7.78. The summed E-state index contributed by atoms with van der Waals surface area (Å²) in [5, 5.41) is 0. The van der Waals surface area contributed by atoms with E-state index in [1.165, 1.54) is 69.2 Å². The Morgan fingerprint density at radius 3 is 2.33 bits per heavy atom. The van der Waals surface area contributed by atoms with Gasteiger partial charge in [-0.1, -0.05) is 61.0 Å². The first-order valence-electron chi connectivity index (χ1n) is 12.1. The minimum absolute atomic E-state index is 0.102. The zero-order valence-corrected chi connectivity index (χ0v) is 18.1. The molecule has 3 unspecified atom stereocenters. The molecule has 2 nitrogen and oxygen atoms in total. The molecule has 1 saturated heterocycles. The van der Waals surface area contributed by atoms with Crippen molar-refractivity contribution in [2.24, 2.45) is 11.8 Å². The number of benzene rings is 2. The van der Waals surface area contributed by atoms with Crippen molar-refractivity contribution in [2.45, 2.75) is 63.7 Å². The van der Waals surface area contributed by atoms with Crippen LogP contribution in [-0.4, -0.2) is 29.2 Å². The van der Waals surface area contributed by atoms with Crippen LogP contribution < -0.4 is 0 Å². The lowest BCUT2D eigenvalue weighted by molar-refractivity contribution is -0.541. The van der Waals surface area contributed by atoms with Crippen molar-refractivity contribution in [3.05, 3.63) is 71.3 Å². The first-order chi connectivity index (χ1) is 14.8. The van der Waals surface area contributed by atoms with Gasteiger partial charge in [0.15, 0.2) is 11.5 Å². The summed E-state index contributed by atoms with van der Waals surface area (Å²) in [5.41, 5.74) is 5.26. The maximum absolute atomic E-state index is 13.7. The number of rotatable bonds is 3. The van der Waals surface area contributed by atoms with Gasteiger partial charge in [0.05, 0.1) is 0 Å². The predicted octanol–water partition coefficient (Wildman–Crippen LogP) is 6.04. The Balaban J connectivity index is 1.57. The van der Waals surface area contributed by atoms with Crippen molar-refractivity contribution < 1.29 is 9.37 Å². The molecule has 0 amide bonds. The van der Waals surface area contributed by atoms with E-state index in [1.54, 1.807) is 5.71 Å². The van der Waals surface area contributed by atoms with Crippen LogP contribution in [0, 0.1) is 11.8 Å². The van der Waals surface area contributed by atoms with Crippen molar-refractivity contribution in [3.8, 4) is 0 Å². The lowest BCUT2D eigenvalue weighted by atomic mass is 9.65. The summed E-state index contributed by atoms with van der Waals surface area (Å²) in [5.74, 6) is 1.31. The number of hydrogen-bond donors (Lipinski definition) is 0. The highest BCUT2D eigenvalue weighted by Gasteiger charge is 2.43. The first-order valence-corrected chi connectivity index (χ1v) is 12.1. The van der Waals surface area contributed by atoms with E-state index in [-0.39, 0.29) is 5.92 Å². The number of aryl methyl sites for hydroxylation is 1. The summed E-state index contributed by atoms with van der Waals surface area (Å²) in [4.78, 5) is 13.7. The maximum atomic E-state index is 13.7. The fourth-order valence-electron chi connectivity index (χ4n) is 6.37. The Bertz CT molecular complexity index is 921. The van der Waals surface area contributed by atoms with Crippen LogP contribution in [0.2, 0.25) is 0 Å². The molecule has 3 aliphatic rings. The first kappa shape index (κ1) is 19.7. The van der Waals surface area contributed by atoms with Gasteiger partial charge in [-0.3, -0.25) is 4.79 Å². The molecule has 1 aliphatic heterocycles. The number of carbonyl (C=O) groups is 1. The molecule has 30 heavy (non-hydrogen) atoms. The van der Waals surface area contributed by atoms with Gasteiger partial charge in [-0.2, -0.15) is 0 Å². The summed E-state index contributed by atoms with van der Waals surface area (Å²) in [6.45, 7) is 2.43. The van der Waals surface area contributed by atoms with Gasteiger partial charge in [-0.05, 0) is 43.2 Å². The van der Waals surface area contributed by atoms with E-state index >= 15 is 0 Å². The van der Waals surface area contributed by atoms with Crippen molar-refractivity contribution in [2.75, 3.05) is 13.1 Å². The van der Waals surface area contributed by atoms with E-state index in [9.17, 15) is 4.79 Å². The van der Waals surface area contributed by atoms with Crippen molar-refractivity contribution >= 4 is 11.5 Å². The molecule has 2 aromatic rings. The predicted molar refractivity (Wildman–Crippen MR) is 123 cm³/mol. The Labute approximate surface area is 181 Å². The molecule has 0 bridgehead atoms. The van der Waals surface area contributed by atoms with Crippen LogP contribution in [0.5, 0.6) is 0 Å². The molecule has 0 aromatic heterocycles. The summed E-state index contributed by atoms with van der Waals surface area (Å²) in [6, 6.07) is 19.3. The second-order valence-electron chi connectivity index (χ2n) is 9.49. The lowest BCUT2D eigenvalue weighted by Crippen LogP contribution is -2.41. The fraction of sp³-hybridized carbons (Fsp3) is 0.500. The number of fused-ring (bicyclic) bond motifs is 1. The van der Waals surface area contributed by atoms with Crippen molar-refractivity contribution in [1.82, 2.24) is 0 Å². The molecule has 156 valence electrons. The number of nitrogens with zero attached hydrogens (tertiary/aromatic N) is 1. The van der Waals surface area contributed by atoms with Gasteiger partial charge >= 0.3 is 0 Å². The highest BCUT2D eigenvalue weighted by molar-refractivity contribution is 6.01. The standard InChI is InChI=1S/C28H34NO/c30-28-23-14-6-5-11-21(23)17-18-25(28)27(22-12-3-1-4-13-22)24-15-7-8-16-26(24)29-19-9-2-10-20-29/h1,3-6,11-14,24-25,27H,2,7-10,15-20H2/q+1. The van der Waals surface area contributed by atoms with Crippen molar-refractivity contribution in [3.63, 3.8) is 0 Å². The largest absolute Gasteiger partial charge is 0.294 e. The third kappa shape index (κ3) is 3.77. The number of hydrogen-bond acceptors (Lipinski definition) is 1. The van der Waals surface area contributed by atoms with E-state index in [1.807, 2.05) is 6.07 Å². The zero-order valence-electron chi connectivity index (χ0n) is 18.1. The summed E-state index contributed by atoms with van der Waals surface area (Å²) < 4.78 is 2.71. The molecule has 5 rings (SSSR count). The number of piperidine rings is 1. The van der Waals surface area contributed by atoms with Crippen LogP contribution in [0.25, 0.3) is 0 Å². The summed E-state index contributed by atoms with van der Waals surface area (Å²) in [7, 11) is 0. The van der Waals surface area contributed by atoms with E-state index in [4.69, 9.17) is 0 Å². The van der Waals surface area contributed by atoms with E-state index < -0.39 is 0 Å². The van der Waals surface area contributed by atoms with Gasteiger partial charge in [0.25, 0.3) is 0 Å². The molecule has 2 aliphatic carbocycles. The Hall–Kier alpha value is -2.22. The Morgan fingerprint density at radius 2 is 1.50 bits per heavy atom. The minimum Gasteiger partial charge on any atom is -0.294 e. The van der Waals surface area contributed by atoms with Gasteiger partial charge in [0, 0.05) is 42.6 Å². The summed E-state index contributed by atoms with van der Waals surface area (Å²) in [6.07, 6.45) is 11.1. The van der Waals surface area contributed by atoms with E-state index in [0.29, 0.717) is 17.6 Å². The van der Waals surface area contributed by atoms with Crippen LogP contribution in [0.3, 0.4) is 0 Å². The number of ketones is 1. The van der Waals surface area contributed by atoms with Gasteiger partial charge in [0.1, 0.15) is 13.1 Å². The van der Waals surface area contributed by atoms with Crippen LogP contribution >= 0.6 is 0 Å². The minimum atomic E-state index is 0.102. The molecular formula is C28H34NO+. The number of carbonyl (C=O) groups excluding carboxylic acids is 1. The molecular weight excluding hydrogens is 366 g/mol. The third-order valence-electron chi connectivity index (χ3n) is 7.78. The molecule has 1 heterocycles. The lowest BCUT2D eigenvalue weighted by Gasteiger charge is -2.37. The highest BCUT2D eigenvalue weighted by Crippen LogP contribution is 2.44.